The van der Waals surface area contributed by atoms with Gasteiger partial charge in [0.2, 0.25) is 0 Å². The summed E-state index contributed by atoms with van der Waals surface area (Å²) in [4.78, 5) is 4.23. The van der Waals surface area contributed by atoms with Gasteiger partial charge in [0.25, 0.3) is 0 Å². The summed E-state index contributed by atoms with van der Waals surface area (Å²) in [5, 5.41) is 6.56. The van der Waals surface area contributed by atoms with Crippen molar-refractivity contribution in [2.24, 2.45) is 10.9 Å². The minimum absolute atomic E-state index is 0. The van der Waals surface area contributed by atoms with E-state index in [4.69, 9.17) is 9.47 Å². The number of aliphatic imine (C=N–C) groups is 1. The molecule has 2 atom stereocenters. The van der Waals surface area contributed by atoms with E-state index in [-0.39, 0.29) is 41.9 Å². The molecule has 7 heteroatoms. The van der Waals surface area contributed by atoms with Crippen molar-refractivity contribution in [1.82, 2.24) is 10.6 Å². The van der Waals surface area contributed by atoms with Gasteiger partial charge >= 0.3 is 0 Å². The molecule has 0 amide bonds. The van der Waals surface area contributed by atoms with E-state index in [0.29, 0.717) is 24.2 Å². The molecule has 26 heavy (non-hydrogen) atoms. The number of ether oxygens (including phenoxy) is 2. The fourth-order valence-electron chi connectivity index (χ4n) is 2.89. The molecule has 0 radical (unpaired) electrons. The second kappa shape index (κ2) is 10.3. The van der Waals surface area contributed by atoms with Crippen LogP contribution in [0.2, 0.25) is 0 Å². The molecule has 1 heterocycles. The fraction of sp³-hybridized carbons (Fsp3) is 0.632. The third-order valence-electron chi connectivity index (χ3n) is 4.73. The minimum Gasteiger partial charge on any atom is -0.490 e. The van der Waals surface area contributed by atoms with Crippen LogP contribution in [0.3, 0.4) is 0 Å². The van der Waals surface area contributed by atoms with E-state index in [0.717, 1.165) is 31.6 Å². The molecule has 1 saturated heterocycles. The Balaban J connectivity index is 0.00000243. The van der Waals surface area contributed by atoms with Gasteiger partial charge in [0.1, 0.15) is 0 Å². The number of benzene rings is 1. The molecule has 1 aliphatic heterocycles. The number of rotatable bonds is 7. The lowest BCUT2D eigenvalue weighted by molar-refractivity contribution is 0.113. The van der Waals surface area contributed by atoms with Crippen LogP contribution in [0.4, 0.5) is 4.39 Å². The Morgan fingerprint density at radius 2 is 2.19 bits per heavy atom. The van der Waals surface area contributed by atoms with Crippen LogP contribution < -0.4 is 15.4 Å². The average molecular weight is 477 g/mol. The number of hydrogen-bond donors (Lipinski definition) is 2. The largest absolute Gasteiger partial charge is 0.490 e. The van der Waals surface area contributed by atoms with Gasteiger partial charge in [-0.25, -0.2) is 4.39 Å². The Kier molecular flexibility index (Phi) is 8.40. The first-order valence-electron chi connectivity index (χ1n) is 9.16. The zero-order valence-electron chi connectivity index (χ0n) is 15.5. The molecule has 1 saturated carbocycles. The van der Waals surface area contributed by atoms with Crippen molar-refractivity contribution in [2.75, 3.05) is 26.8 Å². The first kappa shape index (κ1) is 21.2. The van der Waals surface area contributed by atoms with Crippen molar-refractivity contribution in [1.29, 1.82) is 0 Å². The van der Waals surface area contributed by atoms with Crippen LogP contribution in [-0.2, 0) is 4.74 Å². The van der Waals surface area contributed by atoms with Gasteiger partial charge in [-0.2, -0.15) is 0 Å². The van der Waals surface area contributed by atoms with E-state index in [1.165, 1.54) is 18.9 Å². The monoisotopic (exact) mass is 477 g/mol. The van der Waals surface area contributed by atoms with Crippen molar-refractivity contribution in [3.8, 4) is 5.75 Å². The van der Waals surface area contributed by atoms with Gasteiger partial charge in [-0.15, -0.1) is 24.0 Å². The van der Waals surface area contributed by atoms with Gasteiger partial charge < -0.3 is 20.1 Å². The molecule has 2 N–H and O–H groups in total. The zero-order valence-corrected chi connectivity index (χ0v) is 17.8. The minimum atomic E-state index is -0.311. The lowest BCUT2D eigenvalue weighted by Crippen LogP contribution is -2.42. The van der Waals surface area contributed by atoms with E-state index in [9.17, 15) is 4.39 Å². The highest BCUT2D eigenvalue weighted by Crippen LogP contribution is 2.30. The molecule has 2 unspecified atom stereocenters. The van der Waals surface area contributed by atoms with E-state index in [2.05, 4.69) is 15.6 Å². The average Bonchev–Trinajstić information content (AvgIpc) is 3.30. The number of nitrogens with one attached hydrogen (secondary N) is 2. The van der Waals surface area contributed by atoms with Crippen LogP contribution in [0.5, 0.6) is 5.75 Å². The van der Waals surface area contributed by atoms with E-state index in [1.54, 1.807) is 13.1 Å². The first-order chi connectivity index (χ1) is 12.2. The summed E-state index contributed by atoms with van der Waals surface area (Å²) in [5.41, 5.74) is 0.858. The Hall–Kier alpha value is -1.09. The highest BCUT2D eigenvalue weighted by Gasteiger charge is 2.22. The molecule has 3 rings (SSSR count). The van der Waals surface area contributed by atoms with Gasteiger partial charge in [0.05, 0.1) is 18.8 Å². The van der Waals surface area contributed by atoms with Crippen molar-refractivity contribution in [2.45, 2.75) is 44.8 Å². The van der Waals surface area contributed by atoms with Gasteiger partial charge in [-0.3, -0.25) is 4.99 Å². The maximum absolute atomic E-state index is 14.2. The lowest BCUT2D eigenvalue weighted by atomic mass is 10.1. The molecule has 5 nitrogen and oxygen atoms in total. The second-order valence-corrected chi connectivity index (χ2v) is 6.90. The normalized spacial score (nSPS) is 21.0. The molecular formula is C19H29FIN3O2. The summed E-state index contributed by atoms with van der Waals surface area (Å²) in [6.07, 6.45) is 4.82. The van der Waals surface area contributed by atoms with Gasteiger partial charge in [-0.05, 0) is 56.2 Å². The van der Waals surface area contributed by atoms with Crippen LogP contribution in [0.15, 0.2) is 23.2 Å². The predicted octanol–water partition coefficient (Wildman–Crippen LogP) is 3.64. The third-order valence-corrected chi connectivity index (χ3v) is 4.73. The number of hydrogen-bond acceptors (Lipinski definition) is 3. The van der Waals surface area contributed by atoms with Gasteiger partial charge in [0.15, 0.2) is 17.5 Å². The van der Waals surface area contributed by atoms with Crippen LogP contribution in [0, 0.1) is 11.7 Å². The molecule has 146 valence electrons. The van der Waals surface area contributed by atoms with E-state index >= 15 is 0 Å². The smallest absolute Gasteiger partial charge is 0.191 e. The summed E-state index contributed by atoms with van der Waals surface area (Å²) in [5.74, 6) is 1.33. The van der Waals surface area contributed by atoms with Crippen LogP contribution >= 0.6 is 24.0 Å². The van der Waals surface area contributed by atoms with Crippen LogP contribution in [0.25, 0.3) is 0 Å². The zero-order chi connectivity index (χ0) is 17.6. The van der Waals surface area contributed by atoms with Crippen molar-refractivity contribution in [3.63, 3.8) is 0 Å². The SMILES string of the molecule is CN=C(NCC1CCCO1)NC(C)c1ccc(OCC2CC2)c(F)c1.I. The molecule has 0 aromatic heterocycles. The van der Waals surface area contributed by atoms with Gasteiger partial charge in [-0.1, -0.05) is 6.07 Å². The van der Waals surface area contributed by atoms with Crippen molar-refractivity contribution in [3.05, 3.63) is 29.6 Å². The summed E-state index contributed by atoms with van der Waals surface area (Å²) in [6.45, 7) is 4.17. The summed E-state index contributed by atoms with van der Waals surface area (Å²) in [7, 11) is 1.73. The van der Waals surface area contributed by atoms with E-state index < -0.39 is 0 Å². The molecule has 0 bridgehead atoms. The van der Waals surface area contributed by atoms with Crippen LogP contribution in [-0.4, -0.2) is 38.9 Å². The maximum atomic E-state index is 14.2. The van der Waals surface area contributed by atoms with Gasteiger partial charge in [0, 0.05) is 20.2 Å². The summed E-state index contributed by atoms with van der Waals surface area (Å²) >= 11 is 0. The number of guanidine groups is 1. The molecule has 2 fully saturated rings. The van der Waals surface area contributed by atoms with Crippen molar-refractivity contribution < 1.29 is 13.9 Å². The number of halogens is 2. The quantitative estimate of drug-likeness (QED) is 0.358. The topological polar surface area (TPSA) is 54.9 Å². The fourth-order valence-corrected chi connectivity index (χ4v) is 2.89. The maximum Gasteiger partial charge on any atom is 0.191 e. The Bertz CT molecular complexity index is 604. The molecule has 1 aliphatic carbocycles. The van der Waals surface area contributed by atoms with E-state index in [1.807, 2.05) is 13.0 Å². The summed E-state index contributed by atoms with van der Waals surface area (Å²) in [6, 6.07) is 5.08. The predicted molar refractivity (Wildman–Crippen MR) is 112 cm³/mol. The Labute approximate surface area is 172 Å². The molecular weight excluding hydrogens is 448 g/mol. The third kappa shape index (κ3) is 6.26. The highest BCUT2D eigenvalue weighted by molar-refractivity contribution is 14.0. The number of nitrogens with zero attached hydrogens (tertiary/aromatic N) is 1. The molecule has 1 aromatic carbocycles. The Morgan fingerprint density at radius 3 is 2.81 bits per heavy atom. The standard InChI is InChI=1S/C19H28FN3O2.HI/c1-13(23-19(21-2)22-11-16-4-3-9-24-16)15-7-8-18(17(20)10-15)25-12-14-5-6-14;/h7-8,10,13-14,16H,3-6,9,11-12H2,1-2H3,(H2,21,22,23);1H. The Morgan fingerprint density at radius 1 is 1.38 bits per heavy atom. The lowest BCUT2D eigenvalue weighted by Gasteiger charge is -2.20. The molecule has 1 aromatic rings. The highest BCUT2D eigenvalue weighted by atomic mass is 127. The first-order valence-corrected chi connectivity index (χ1v) is 9.16. The van der Waals surface area contributed by atoms with Crippen molar-refractivity contribution >= 4 is 29.9 Å². The van der Waals surface area contributed by atoms with Crippen LogP contribution in [0.1, 0.15) is 44.2 Å². The molecule has 0 spiro atoms. The summed E-state index contributed by atoms with van der Waals surface area (Å²) < 4.78 is 25.4. The second-order valence-electron chi connectivity index (χ2n) is 6.90. The molecule has 2 aliphatic rings.